The van der Waals surface area contributed by atoms with Crippen molar-refractivity contribution in [1.82, 2.24) is 0 Å². The molecule has 2 rings (SSSR count). The molecule has 8 heteroatoms. The lowest BCUT2D eigenvalue weighted by atomic mass is 10.1. The summed E-state index contributed by atoms with van der Waals surface area (Å²) in [5.41, 5.74) is 0.161. The molecule has 1 atom stereocenters. The maximum absolute atomic E-state index is 13.6. The van der Waals surface area contributed by atoms with E-state index in [9.17, 15) is 17.6 Å². The molecule has 110 valence electrons. The Hall–Kier alpha value is -1.51. The van der Waals surface area contributed by atoms with Crippen LogP contribution in [0.5, 0.6) is 0 Å². The Bertz CT molecular complexity index is 612. The van der Waals surface area contributed by atoms with Crippen molar-refractivity contribution in [3.63, 3.8) is 0 Å². The van der Waals surface area contributed by atoms with Gasteiger partial charge < -0.3 is 10.1 Å². The van der Waals surface area contributed by atoms with Crippen LogP contribution in [0.15, 0.2) is 23.1 Å². The number of halogens is 1. The van der Waals surface area contributed by atoms with Crippen LogP contribution >= 0.6 is 0 Å². The number of hydrogen-bond acceptors (Lipinski definition) is 4. The molecule has 1 aromatic rings. The first-order valence-electron chi connectivity index (χ1n) is 6.13. The highest BCUT2D eigenvalue weighted by Crippen LogP contribution is 2.19. The monoisotopic (exact) mass is 302 g/mol. The van der Waals surface area contributed by atoms with Gasteiger partial charge in [-0.1, -0.05) is 0 Å². The van der Waals surface area contributed by atoms with Crippen molar-refractivity contribution in [3.8, 4) is 0 Å². The Morgan fingerprint density at radius 1 is 1.40 bits per heavy atom. The van der Waals surface area contributed by atoms with E-state index in [1.165, 1.54) is 6.07 Å². The van der Waals surface area contributed by atoms with Gasteiger partial charge in [-0.3, -0.25) is 4.79 Å². The number of amides is 1. The molecule has 1 saturated heterocycles. The van der Waals surface area contributed by atoms with Crippen LogP contribution in [0.1, 0.15) is 19.3 Å². The molecule has 1 aliphatic heterocycles. The van der Waals surface area contributed by atoms with Gasteiger partial charge in [0, 0.05) is 12.3 Å². The van der Waals surface area contributed by atoms with Crippen LogP contribution in [0.2, 0.25) is 0 Å². The molecular weight excluding hydrogens is 287 g/mol. The average Bonchev–Trinajstić information content (AvgIpc) is 2.38. The molecule has 1 fully saturated rings. The summed E-state index contributed by atoms with van der Waals surface area (Å²) in [6, 6.07) is 3.21. The zero-order valence-corrected chi connectivity index (χ0v) is 11.5. The fourth-order valence-corrected chi connectivity index (χ4v) is 2.57. The van der Waals surface area contributed by atoms with Crippen molar-refractivity contribution in [3.05, 3.63) is 24.0 Å². The van der Waals surface area contributed by atoms with Crippen LogP contribution in [0.25, 0.3) is 0 Å². The third kappa shape index (κ3) is 3.53. The van der Waals surface area contributed by atoms with E-state index >= 15 is 0 Å². The van der Waals surface area contributed by atoms with Crippen LogP contribution in [-0.4, -0.2) is 27.0 Å². The molecular formula is C12H15FN2O4S. The third-order valence-corrected chi connectivity index (χ3v) is 3.92. The summed E-state index contributed by atoms with van der Waals surface area (Å²) < 4.78 is 41.0. The van der Waals surface area contributed by atoms with Gasteiger partial charge in [0.15, 0.2) is 0 Å². The predicted molar refractivity (Wildman–Crippen MR) is 70.0 cm³/mol. The molecule has 20 heavy (non-hydrogen) atoms. The van der Waals surface area contributed by atoms with Crippen LogP contribution < -0.4 is 10.5 Å². The Balaban J connectivity index is 2.10. The number of benzene rings is 1. The van der Waals surface area contributed by atoms with Crippen LogP contribution in [-0.2, 0) is 19.6 Å². The van der Waals surface area contributed by atoms with Gasteiger partial charge in [0.2, 0.25) is 10.0 Å². The second kappa shape index (κ2) is 5.86. The smallest absolute Gasteiger partial charge is 0.253 e. The van der Waals surface area contributed by atoms with E-state index in [2.05, 4.69) is 5.32 Å². The number of nitrogens with two attached hydrogens (primary N) is 1. The van der Waals surface area contributed by atoms with E-state index in [-0.39, 0.29) is 11.6 Å². The van der Waals surface area contributed by atoms with Gasteiger partial charge in [0.1, 0.15) is 16.8 Å². The Morgan fingerprint density at radius 2 is 2.15 bits per heavy atom. The first-order valence-corrected chi connectivity index (χ1v) is 7.67. The number of sulfonamides is 1. The molecule has 0 bridgehead atoms. The number of anilines is 1. The van der Waals surface area contributed by atoms with Crippen LogP contribution in [0, 0.1) is 5.82 Å². The zero-order valence-electron chi connectivity index (χ0n) is 10.6. The molecule has 0 radical (unpaired) electrons. The van der Waals surface area contributed by atoms with Gasteiger partial charge in [-0.25, -0.2) is 17.9 Å². The highest BCUT2D eigenvalue weighted by atomic mass is 32.2. The van der Waals surface area contributed by atoms with Crippen molar-refractivity contribution in [2.75, 3.05) is 11.9 Å². The molecule has 1 unspecified atom stereocenters. The van der Waals surface area contributed by atoms with Gasteiger partial charge in [-0.2, -0.15) is 0 Å². The topological polar surface area (TPSA) is 98.5 Å². The Labute approximate surface area is 116 Å². The average molecular weight is 302 g/mol. The van der Waals surface area contributed by atoms with E-state index in [1.54, 1.807) is 0 Å². The lowest BCUT2D eigenvalue weighted by Crippen LogP contribution is -2.33. The summed E-state index contributed by atoms with van der Waals surface area (Å²) >= 11 is 0. The largest absolute Gasteiger partial charge is 0.368 e. The summed E-state index contributed by atoms with van der Waals surface area (Å²) in [5, 5.41) is 7.34. The number of nitrogens with one attached hydrogen (secondary N) is 1. The molecule has 0 aromatic heterocycles. The summed E-state index contributed by atoms with van der Waals surface area (Å²) in [4.78, 5) is 11.3. The van der Waals surface area contributed by atoms with Gasteiger partial charge >= 0.3 is 0 Å². The second-order valence-corrected chi connectivity index (χ2v) is 6.06. The highest BCUT2D eigenvalue weighted by Gasteiger charge is 2.22. The van der Waals surface area contributed by atoms with Crippen molar-refractivity contribution in [2.24, 2.45) is 5.14 Å². The van der Waals surface area contributed by atoms with Gasteiger partial charge in [0.05, 0.1) is 0 Å². The van der Waals surface area contributed by atoms with Crippen LogP contribution in [0.4, 0.5) is 10.1 Å². The van der Waals surface area contributed by atoms with E-state index in [1.807, 2.05) is 0 Å². The fraction of sp³-hybridized carbons (Fsp3) is 0.417. The van der Waals surface area contributed by atoms with E-state index < -0.39 is 26.8 Å². The van der Waals surface area contributed by atoms with Crippen molar-refractivity contribution in [2.45, 2.75) is 30.3 Å². The minimum atomic E-state index is -4.11. The Kier molecular flexibility index (Phi) is 4.36. The van der Waals surface area contributed by atoms with Crippen molar-refractivity contribution >= 4 is 21.6 Å². The summed E-state index contributed by atoms with van der Waals surface area (Å²) in [5.74, 6) is -1.37. The number of primary sulfonamides is 1. The molecule has 1 aliphatic rings. The number of hydrogen-bond donors (Lipinski definition) is 2. The molecule has 0 aliphatic carbocycles. The maximum Gasteiger partial charge on any atom is 0.253 e. The molecule has 0 saturated carbocycles. The first-order chi connectivity index (χ1) is 9.38. The standard InChI is InChI=1S/C12H15FN2O4S/c13-9-7-8(4-5-11(9)20(14,17)18)15-12(16)10-3-1-2-6-19-10/h4-5,7,10H,1-3,6H2,(H,15,16)(H2,14,17,18). The SMILES string of the molecule is NS(=O)(=O)c1ccc(NC(=O)C2CCCCO2)cc1F. The van der Waals surface area contributed by atoms with Crippen molar-refractivity contribution in [1.29, 1.82) is 0 Å². The number of carbonyl (C=O) groups excluding carboxylic acids is 1. The minimum Gasteiger partial charge on any atom is -0.368 e. The van der Waals surface area contributed by atoms with Crippen molar-refractivity contribution < 1.29 is 22.3 Å². The zero-order chi connectivity index (χ0) is 14.8. The van der Waals surface area contributed by atoms with E-state index in [4.69, 9.17) is 9.88 Å². The number of carbonyl (C=O) groups is 1. The summed E-state index contributed by atoms with van der Waals surface area (Å²) in [6.07, 6.45) is 1.88. The predicted octanol–water partition coefficient (Wildman–Crippen LogP) is 0.981. The van der Waals surface area contributed by atoms with Gasteiger partial charge in [-0.15, -0.1) is 0 Å². The van der Waals surface area contributed by atoms with E-state index in [0.29, 0.717) is 13.0 Å². The van der Waals surface area contributed by atoms with Crippen LogP contribution in [0.3, 0.4) is 0 Å². The number of ether oxygens (including phenoxy) is 1. The molecule has 0 spiro atoms. The Morgan fingerprint density at radius 3 is 2.70 bits per heavy atom. The summed E-state index contributed by atoms with van der Waals surface area (Å²) in [7, 11) is -4.11. The molecule has 1 amide bonds. The molecule has 1 heterocycles. The maximum atomic E-state index is 13.6. The quantitative estimate of drug-likeness (QED) is 0.869. The van der Waals surface area contributed by atoms with Gasteiger partial charge in [-0.05, 0) is 37.5 Å². The lowest BCUT2D eigenvalue weighted by Gasteiger charge is -2.21. The first kappa shape index (κ1) is 14.9. The molecule has 1 aromatic carbocycles. The highest BCUT2D eigenvalue weighted by molar-refractivity contribution is 7.89. The third-order valence-electron chi connectivity index (χ3n) is 2.98. The lowest BCUT2D eigenvalue weighted by molar-refractivity contribution is -0.129. The summed E-state index contributed by atoms with van der Waals surface area (Å²) in [6.45, 7) is 0.525. The fourth-order valence-electron chi connectivity index (χ4n) is 1.98. The molecule has 6 nitrogen and oxygen atoms in total. The minimum absolute atomic E-state index is 0.161. The normalized spacial score (nSPS) is 19.6. The van der Waals surface area contributed by atoms with E-state index in [0.717, 1.165) is 25.0 Å². The molecule has 3 N–H and O–H groups in total. The number of rotatable bonds is 3. The van der Waals surface area contributed by atoms with Gasteiger partial charge in [0.25, 0.3) is 5.91 Å². The second-order valence-electron chi connectivity index (χ2n) is 4.53.